The van der Waals surface area contributed by atoms with E-state index in [1.807, 2.05) is 12.1 Å². The Bertz CT molecular complexity index is 1200. The minimum absolute atomic E-state index is 0.0469. The molecule has 0 radical (unpaired) electrons. The predicted octanol–water partition coefficient (Wildman–Crippen LogP) is 2.15. The van der Waals surface area contributed by atoms with Crippen LogP contribution in [0.3, 0.4) is 0 Å². The van der Waals surface area contributed by atoms with Gasteiger partial charge in [-0.05, 0) is 25.0 Å². The number of guanidine groups is 1. The summed E-state index contributed by atoms with van der Waals surface area (Å²) in [6.07, 6.45) is 3.38. The molecule has 2 saturated heterocycles. The van der Waals surface area contributed by atoms with Crippen molar-refractivity contribution in [3.63, 3.8) is 0 Å². The summed E-state index contributed by atoms with van der Waals surface area (Å²) in [6, 6.07) is 10.5. The number of likely N-dealkylation sites (tertiary alicyclic amines) is 1. The highest BCUT2D eigenvalue weighted by molar-refractivity contribution is 5.89. The third-order valence-electron chi connectivity index (χ3n) is 6.26. The number of rotatable bonds is 4. The van der Waals surface area contributed by atoms with E-state index in [1.165, 1.54) is 11.6 Å². The van der Waals surface area contributed by atoms with Crippen molar-refractivity contribution >= 4 is 39.9 Å². The number of piperidine rings is 1. The summed E-state index contributed by atoms with van der Waals surface area (Å²) in [5.41, 5.74) is 15.6. The average Bonchev–Trinajstić information content (AvgIpc) is 3.38. The second-order valence-electron chi connectivity index (χ2n) is 8.40. The number of nitrogens with zero attached hydrogens (tertiary/aromatic N) is 4. The molecule has 4 heterocycles. The number of nitrogen functional groups attached to an aromatic ring is 2. The minimum Gasteiger partial charge on any atom is -0.382 e. The van der Waals surface area contributed by atoms with Gasteiger partial charge in [-0.25, -0.2) is 15.0 Å². The third-order valence-corrected chi connectivity index (χ3v) is 6.26. The van der Waals surface area contributed by atoms with E-state index in [0.29, 0.717) is 17.4 Å². The Morgan fingerprint density at radius 2 is 1.94 bits per heavy atom. The molecule has 0 amide bonds. The van der Waals surface area contributed by atoms with Gasteiger partial charge in [0.25, 0.3) is 0 Å². The zero-order valence-electron chi connectivity index (χ0n) is 17.9. The van der Waals surface area contributed by atoms with Crippen molar-refractivity contribution < 1.29 is 0 Å². The Kier molecular flexibility index (Phi) is 4.73. The molecule has 1 aromatic carbocycles. The number of hydrogen-bond donors (Lipinski definition) is 5. The maximum absolute atomic E-state index is 5.91. The number of para-hydroxylation sites is 1. The lowest BCUT2D eigenvalue weighted by Crippen LogP contribution is -2.52. The van der Waals surface area contributed by atoms with Crippen molar-refractivity contribution in [2.45, 2.75) is 18.4 Å². The first kappa shape index (κ1) is 19.9. The van der Waals surface area contributed by atoms with Gasteiger partial charge < -0.3 is 32.0 Å². The number of nitrogens with one attached hydrogen (secondary N) is 3. The van der Waals surface area contributed by atoms with Gasteiger partial charge in [-0.15, -0.1) is 0 Å². The fourth-order valence-corrected chi connectivity index (χ4v) is 4.39. The molecule has 0 bridgehead atoms. The molecular formula is C23H27N9. The summed E-state index contributed by atoms with van der Waals surface area (Å²) in [4.78, 5) is 18.6. The summed E-state index contributed by atoms with van der Waals surface area (Å²) < 4.78 is 0. The van der Waals surface area contributed by atoms with E-state index in [0.717, 1.165) is 49.4 Å². The number of aromatic nitrogens is 3. The molecule has 0 saturated carbocycles. The zero-order chi connectivity index (χ0) is 22.3. The van der Waals surface area contributed by atoms with Crippen LogP contribution in [-0.4, -0.2) is 51.0 Å². The summed E-state index contributed by atoms with van der Waals surface area (Å²) in [5, 5.41) is 8.12. The number of hydrogen-bond acceptors (Lipinski definition) is 6. The van der Waals surface area contributed by atoms with Crippen LogP contribution in [0.15, 0.2) is 54.7 Å². The number of nitrogens with two attached hydrogens (primary N) is 2. The molecule has 0 atom stereocenters. The van der Waals surface area contributed by atoms with E-state index in [2.05, 4.69) is 66.8 Å². The molecule has 3 aromatic rings. The summed E-state index contributed by atoms with van der Waals surface area (Å²) >= 11 is 0. The quantitative estimate of drug-likeness (QED) is 0.429. The van der Waals surface area contributed by atoms with Crippen LogP contribution in [0.25, 0.3) is 22.3 Å². The summed E-state index contributed by atoms with van der Waals surface area (Å²) in [6.45, 7) is 11.0. The minimum atomic E-state index is -0.0469. The SMILES string of the molecule is C=C(/N=C1\NCC2(CCN(C(=C)c3cc4ccccc4[nH]3)CC2)N1)c1ncc(N)nc1N. The Morgan fingerprint density at radius 1 is 1.16 bits per heavy atom. The number of aliphatic imine (C=N–C) groups is 1. The maximum Gasteiger partial charge on any atom is 0.197 e. The lowest BCUT2D eigenvalue weighted by atomic mass is 9.88. The molecule has 2 aliphatic heterocycles. The van der Waals surface area contributed by atoms with Gasteiger partial charge in [-0.2, -0.15) is 0 Å². The van der Waals surface area contributed by atoms with E-state index in [9.17, 15) is 0 Å². The molecule has 2 aliphatic rings. The number of fused-ring (bicyclic) bond motifs is 1. The molecule has 2 fully saturated rings. The first-order chi connectivity index (χ1) is 15.4. The van der Waals surface area contributed by atoms with Gasteiger partial charge in [0.05, 0.1) is 28.8 Å². The van der Waals surface area contributed by atoms with Crippen LogP contribution in [0.2, 0.25) is 0 Å². The smallest absolute Gasteiger partial charge is 0.197 e. The standard InChI is InChI=1S/C23H27N9/c1-14(20-21(25)30-19(24)12-26-20)28-22-27-13-23(31-22)7-9-32(10-8-23)15(2)18-11-16-5-3-4-6-17(16)29-18/h3-6,11-12,29H,1-2,7-10,13H2,(H4,24,25,30)(H2,27,28,31). The second-order valence-corrected chi connectivity index (χ2v) is 8.40. The molecule has 1 spiro atoms. The van der Waals surface area contributed by atoms with Gasteiger partial charge in [0.2, 0.25) is 0 Å². The van der Waals surface area contributed by atoms with Crippen molar-refractivity contribution in [1.29, 1.82) is 0 Å². The third kappa shape index (κ3) is 3.62. The molecule has 0 unspecified atom stereocenters. The van der Waals surface area contributed by atoms with Crippen LogP contribution in [0.4, 0.5) is 11.6 Å². The number of H-pyrrole nitrogens is 1. The van der Waals surface area contributed by atoms with Crippen molar-refractivity contribution in [3.8, 4) is 0 Å². The largest absolute Gasteiger partial charge is 0.382 e. The van der Waals surface area contributed by atoms with Gasteiger partial charge in [0.15, 0.2) is 11.8 Å². The molecule has 9 nitrogen and oxygen atoms in total. The Balaban J connectivity index is 1.23. The van der Waals surface area contributed by atoms with Gasteiger partial charge in [-0.3, -0.25) is 0 Å². The maximum atomic E-state index is 5.91. The van der Waals surface area contributed by atoms with E-state index in [1.54, 1.807) is 0 Å². The van der Waals surface area contributed by atoms with E-state index >= 15 is 0 Å². The topological polar surface area (TPSA) is 133 Å². The van der Waals surface area contributed by atoms with Crippen LogP contribution < -0.4 is 22.1 Å². The van der Waals surface area contributed by atoms with Gasteiger partial charge >= 0.3 is 0 Å². The van der Waals surface area contributed by atoms with Crippen molar-refractivity contribution in [2.24, 2.45) is 4.99 Å². The fraction of sp³-hybridized carbons (Fsp3) is 0.261. The zero-order valence-corrected chi connectivity index (χ0v) is 17.9. The second kappa shape index (κ2) is 7.60. The number of aromatic amines is 1. The van der Waals surface area contributed by atoms with Crippen LogP contribution in [0, 0.1) is 0 Å². The number of benzene rings is 1. The molecule has 32 heavy (non-hydrogen) atoms. The van der Waals surface area contributed by atoms with Gasteiger partial charge in [0, 0.05) is 30.5 Å². The van der Waals surface area contributed by atoms with E-state index < -0.39 is 0 Å². The first-order valence-electron chi connectivity index (χ1n) is 10.6. The van der Waals surface area contributed by atoms with Crippen molar-refractivity contribution in [1.82, 2.24) is 30.5 Å². The lowest BCUT2D eigenvalue weighted by Gasteiger charge is -2.40. The number of anilines is 2. The van der Waals surface area contributed by atoms with Crippen LogP contribution >= 0.6 is 0 Å². The normalized spacial score (nSPS) is 18.6. The lowest BCUT2D eigenvalue weighted by molar-refractivity contribution is 0.215. The summed E-state index contributed by atoms with van der Waals surface area (Å²) in [5.74, 6) is 1.16. The highest BCUT2D eigenvalue weighted by Gasteiger charge is 2.40. The van der Waals surface area contributed by atoms with Gasteiger partial charge in [0.1, 0.15) is 11.5 Å². The molecule has 2 aromatic heterocycles. The summed E-state index contributed by atoms with van der Waals surface area (Å²) in [7, 11) is 0. The predicted molar refractivity (Wildman–Crippen MR) is 129 cm³/mol. The average molecular weight is 430 g/mol. The van der Waals surface area contributed by atoms with Crippen molar-refractivity contribution in [2.75, 3.05) is 31.1 Å². The van der Waals surface area contributed by atoms with Crippen molar-refractivity contribution in [3.05, 3.63) is 61.1 Å². The van der Waals surface area contributed by atoms with E-state index in [-0.39, 0.29) is 17.2 Å². The Morgan fingerprint density at radius 3 is 2.69 bits per heavy atom. The van der Waals surface area contributed by atoms with E-state index in [4.69, 9.17) is 11.5 Å². The van der Waals surface area contributed by atoms with Crippen LogP contribution in [0.1, 0.15) is 24.2 Å². The fourth-order valence-electron chi connectivity index (χ4n) is 4.39. The first-order valence-corrected chi connectivity index (χ1v) is 10.6. The molecule has 164 valence electrons. The highest BCUT2D eigenvalue weighted by atomic mass is 15.3. The molecule has 0 aliphatic carbocycles. The Hall–Kier alpha value is -4.01. The molecular weight excluding hydrogens is 402 g/mol. The monoisotopic (exact) mass is 429 g/mol. The Labute approximate surface area is 186 Å². The molecule has 9 heteroatoms. The molecule has 7 N–H and O–H groups in total. The van der Waals surface area contributed by atoms with Gasteiger partial charge in [-0.1, -0.05) is 31.4 Å². The molecule has 5 rings (SSSR count). The van der Waals surface area contributed by atoms with Crippen LogP contribution in [-0.2, 0) is 0 Å². The highest BCUT2D eigenvalue weighted by Crippen LogP contribution is 2.30. The van der Waals surface area contributed by atoms with Crippen LogP contribution in [0.5, 0.6) is 0 Å².